The SMILES string of the molecule is Cc1ncsc1C(=O)N1CC[C@@H](c2cc(CCOc3ccccc3Cl)[nH]n2)C1. The van der Waals surface area contributed by atoms with E-state index in [9.17, 15) is 4.79 Å². The second kappa shape index (κ2) is 8.32. The molecule has 1 atom stereocenters. The van der Waals surface area contributed by atoms with Crippen LogP contribution < -0.4 is 4.74 Å². The average Bonchev–Trinajstić information content (AvgIpc) is 3.43. The lowest BCUT2D eigenvalue weighted by Crippen LogP contribution is -2.28. The Bertz CT molecular complexity index is 971. The molecule has 1 aliphatic heterocycles. The molecule has 1 aromatic carbocycles. The fourth-order valence-electron chi connectivity index (χ4n) is 3.39. The molecule has 0 radical (unpaired) electrons. The lowest BCUT2D eigenvalue weighted by Gasteiger charge is -2.15. The van der Waals surface area contributed by atoms with E-state index >= 15 is 0 Å². The number of hydrogen-bond donors (Lipinski definition) is 1. The summed E-state index contributed by atoms with van der Waals surface area (Å²) in [6.07, 6.45) is 1.64. The molecule has 6 nitrogen and oxygen atoms in total. The second-order valence-electron chi connectivity index (χ2n) is 6.85. The molecule has 1 N–H and O–H groups in total. The van der Waals surface area contributed by atoms with Crippen LogP contribution in [-0.2, 0) is 6.42 Å². The zero-order chi connectivity index (χ0) is 19.5. The van der Waals surface area contributed by atoms with E-state index in [2.05, 4.69) is 21.2 Å². The van der Waals surface area contributed by atoms with Gasteiger partial charge in [0.2, 0.25) is 0 Å². The lowest BCUT2D eigenvalue weighted by atomic mass is 10.0. The highest BCUT2D eigenvalue weighted by Crippen LogP contribution is 2.29. The van der Waals surface area contributed by atoms with Crippen molar-refractivity contribution in [3.05, 3.63) is 62.8 Å². The first-order valence-corrected chi connectivity index (χ1v) is 10.5. The van der Waals surface area contributed by atoms with Crippen LogP contribution in [0.15, 0.2) is 35.8 Å². The van der Waals surface area contributed by atoms with Gasteiger partial charge in [0.25, 0.3) is 5.91 Å². The number of hydrogen-bond acceptors (Lipinski definition) is 5. The molecule has 3 heterocycles. The number of nitrogens with zero attached hydrogens (tertiary/aromatic N) is 3. The van der Waals surface area contributed by atoms with Crippen LogP contribution in [0, 0.1) is 6.92 Å². The highest BCUT2D eigenvalue weighted by molar-refractivity contribution is 7.11. The van der Waals surface area contributed by atoms with Gasteiger partial charge in [-0.05, 0) is 31.5 Å². The Morgan fingerprint density at radius 3 is 3.07 bits per heavy atom. The Kier molecular flexibility index (Phi) is 5.64. The molecule has 0 bridgehead atoms. The molecular weight excluding hydrogens is 396 g/mol. The van der Waals surface area contributed by atoms with Gasteiger partial charge < -0.3 is 9.64 Å². The summed E-state index contributed by atoms with van der Waals surface area (Å²) in [6.45, 7) is 3.84. The minimum Gasteiger partial charge on any atom is -0.492 e. The van der Waals surface area contributed by atoms with Gasteiger partial charge in [-0.3, -0.25) is 9.89 Å². The van der Waals surface area contributed by atoms with Crippen molar-refractivity contribution in [3.8, 4) is 5.75 Å². The highest BCUT2D eigenvalue weighted by atomic mass is 35.5. The maximum absolute atomic E-state index is 12.7. The van der Waals surface area contributed by atoms with Crippen molar-refractivity contribution < 1.29 is 9.53 Å². The van der Waals surface area contributed by atoms with Gasteiger partial charge in [0.15, 0.2) is 0 Å². The van der Waals surface area contributed by atoms with E-state index in [0.29, 0.717) is 30.3 Å². The summed E-state index contributed by atoms with van der Waals surface area (Å²) >= 11 is 7.51. The Hall–Kier alpha value is -2.38. The van der Waals surface area contributed by atoms with Gasteiger partial charge in [-0.2, -0.15) is 5.10 Å². The lowest BCUT2D eigenvalue weighted by molar-refractivity contribution is 0.0794. The molecule has 1 saturated heterocycles. The molecule has 1 fully saturated rings. The third-order valence-corrected chi connectivity index (χ3v) is 6.18. The number of thiazole rings is 1. The van der Waals surface area contributed by atoms with Crippen LogP contribution in [0.25, 0.3) is 0 Å². The number of aromatic nitrogens is 3. The van der Waals surface area contributed by atoms with Gasteiger partial charge in [-0.1, -0.05) is 23.7 Å². The fourth-order valence-corrected chi connectivity index (χ4v) is 4.35. The van der Waals surface area contributed by atoms with Crippen LogP contribution in [0.4, 0.5) is 0 Å². The molecule has 1 amide bonds. The monoisotopic (exact) mass is 416 g/mol. The summed E-state index contributed by atoms with van der Waals surface area (Å²) < 4.78 is 5.74. The third-order valence-electron chi connectivity index (χ3n) is 4.95. The van der Waals surface area contributed by atoms with Gasteiger partial charge in [-0.15, -0.1) is 11.3 Å². The van der Waals surface area contributed by atoms with Crippen molar-refractivity contribution in [3.63, 3.8) is 0 Å². The largest absolute Gasteiger partial charge is 0.492 e. The maximum Gasteiger partial charge on any atom is 0.265 e. The summed E-state index contributed by atoms with van der Waals surface area (Å²) in [5.74, 6) is 1.02. The van der Waals surface area contributed by atoms with Crippen molar-refractivity contribution in [1.29, 1.82) is 0 Å². The summed E-state index contributed by atoms with van der Waals surface area (Å²) in [5, 5.41) is 8.16. The van der Waals surface area contributed by atoms with Crippen molar-refractivity contribution >= 4 is 28.8 Å². The molecule has 4 rings (SSSR count). The van der Waals surface area contributed by atoms with Crippen LogP contribution >= 0.6 is 22.9 Å². The number of likely N-dealkylation sites (tertiary alicyclic amines) is 1. The molecule has 2 aromatic heterocycles. The van der Waals surface area contributed by atoms with Crippen LogP contribution in [0.2, 0.25) is 5.02 Å². The Labute approximate surface area is 172 Å². The topological polar surface area (TPSA) is 71.1 Å². The Balaban J connectivity index is 1.31. The van der Waals surface area contributed by atoms with Gasteiger partial charge in [0.05, 0.1) is 28.5 Å². The predicted octanol–water partition coefficient (Wildman–Crippen LogP) is 4.08. The molecular formula is C20H21ClN4O2S. The van der Waals surface area contributed by atoms with E-state index in [-0.39, 0.29) is 11.8 Å². The number of halogens is 1. The zero-order valence-electron chi connectivity index (χ0n) is 15.5. The quantitative estimate of drug-likeness (QED) is 0.657. The number of nitrogens with one attached hydrogen (secondary N) is 1. The number of aryl methyl sites for hydroxylation is 1. The molecule has 146 valence electrons. The van der Waals surface area contributed by atoms with Crippen LogP contribution in [0.5, 0.6) is 5.75 Å². The first-order chi connectivity index (χ1) is 13.6. The number of aromatic amines is 1. The summed E-state index contributed by atoms with van der Waals surface area (Å²) in [6, 6.07) is 9.52. The van der Waals surface area contributed by atoms with E-state index in [1.807, 2.05) is 36.1 Å². The number of H-pyrrole nitrogens is 1. The predicted molar refractivity (Wildman–Crippen MR) is 109 cm³/mol. The first kappa shape index (κ1) is 19.0. The molecule has 1 aliphatic rings. The normalized spacial score (nSPS) is 16.5. The van der Waals surface area contributed by atoms with Crippen molar-refractivity contribution in [1.82, 2.24) is 20.1 Å². The number of amides is 1. The standard InChI is InChI=1S/C20H21ClN4O2S/c1-13-19(28-12-22-13)20(26)25-8-6-14(11-25)17-10-15(23-24-17)7-9-27-18-5-3-2-4-16(18)21/h2-5,10,12,14H,6-9,11H2,1H3,(H,23,24)/t14-/m1/s1. The summed E-state index contributed by atoms with van der Waals surface area (Å²) in [7, 11) is 0. The average molecular weight is 417 g/mol. The van der Waals surface area contributed by atoms with Gasteiger partial charge in [0.1, 0.15) is 10.6 Å². The number of carbonyl (C=O) groups excluding carboxylic acids is 1. The summed E-state index contributed by atoms with van der Waals surface area (Å²) in [4.78, 5) is 19.5. The molecule has 3 aromatic rings. The highest BCUT2D eigenvalue weighted by Gasteiger charge is 2.30. The van der Waals surface area contributed by atoms with E-state index in [4.69, 9.17) is 16.3 Å². The zero-order valence-corrected chi connectivity index (χ0v) is 17.1. The molecule has 0 spiro atoms. The number of benzene rings is 1. The minimum atomic E-state index is 0.0754. The van der Waals surface area contributed by atoms with Crippen LogP contribution in [-0.4, -0.2) is 45.7 Å². The van der Waals surface area contributed by atoms with E-state index in [1.54, 1.807) is 5.51 Å². The number of para-hydroxylation sites is 1. The van der Waals surface area contributed by atoms with E-state index in [1.165, 1.54) is 11.3 Å². The van der Waals surface area contributed by atoms with Crippen molar-refractivity contribution in [2.45, 2.75) is 25.7 Å². The number of ether oxygens (including phenoxy) is 1. The minimum absolute atomic E-state index is 0.0754. The number of carbonyl (C=O) groups is 1. The van der Waals surface area contributed by atoms with E-state index in [0.717, 1.165) is 34.9 Å². The van der Waals surface area contributed by atoms with E-state index < -0.39 is 0 Å². The molecule has 0 saturated carbocycles. The molecule has 0 aliphatic carbocycles. The number of rotatable bonds is 6. The molecule has 28 heavy (non-hydrogen) atoms. The fraction of sp³-hybridized carbons (Fsp3) is 0.350. The smallest absolute Gasteiger partial charge is 0.265 e. The Morgan fingerprint density at radius 1 is 1.43 bits per heavy atom. The van der Waals surface area contributed by atoms with Gasteiger partial charge >= 0.3 is 0 Å². The Morgan fingerprint density at radius 2 is 2.29 bits per heavy atom. The summed E-state index contributed by atoms with van der Waals surface area (Å²) in [5.41, 5.74) is 4.55. The third kappa shape index (κ3) is 4.05. The van der Waals surface area contributed by atoms with Crippen LogP contribution in [0.1, 0.15) is 39.1 Å². The molecule has 8 heteroatoms. The maximum atomic E-state index is 12.7. The van der Waals surface area contributed by atoms with Gasteiger partial charge in [-0.25, -0.2) is 4.98 Å². The molecule has 0 unspecified atom stereocenters. The van der Waals surface area contributed by atoms with Crippen molar-refractivity contribution in [2.24, 2.45) is 0 Å². The van der Waals surface area contributed by atoms with Crippen LogP contribution in [0.3, 0.4) is 0 Å². The second-order valence-corrected chi connectivity index (χ2v) is 8.11. The van der Waals surface area contributed by atoms with Crippen molar-refractivity contribution in [2.75, 3.05) is 19.7 Å². The van der Waals surface area contributed by atoms with Gasteiger partial charge in [0, 0.05) is 31.1 Å². The first-order valence-electron chi connectivity index (χ1n) is 9.22.